The van der Waals surface area contributed by atoms with Crippen molar-refractivity contribution in [3.63, 3.8) is 0 Å². The van der Waals surface area contributed by atoms with Gasteiger partial charge in [0, 0.05) is 6.07 Å². The van der Waals surface area contributed by atoms with Crippen LogP contribution in [-0.2, 0) is 0 Å². The van der Waals surface area contributed by atoms with E-state index in [9.17, 15) is 0 Å². The summed E-state index contributed by atoms with van der Waals surface area (Å²) in [6.07, 6.45) is 0. The average Bonchev–Trinajstić information content (AvgIpc) is 2.77. The highest BCUT2D eigenvalue weighted by molar-refractivity contribution is 7.16. The van der Waals surface area contributed by atoms with Gasteiger partial charge in [0.05, 0.1) is 15.7 Å². The van der Waals surface area contributed by atoms with E-state index < -0.39 is 0 Å². The molecule has 1 heterocycles. The van der Waals surface area contributed by atoms with Crippen LogP contribution in [0.4, 0.5) is 0 Å². The van der Waals surface area contributed by atoms with Crippen LogP contribution in [0.5, 0.6) is 11.5 Å². The lowest BCUT2D eigenvalue weighted by molar-refractivity contribution is 0.483. The summed E-state index contributed by atoms with van der Waals surface area (Å²) in [5, 5.41) is 0. The van der Waals surface area contributed by atoms with Gasteiger partial charge in [-0.2, -0.15) is 0 Å². The van der Waals surface area contributed by atoms with E-state index in [4.69, 9.17) is 4.74 Å². The molecule has 0 aliphatic heterocycles. The van der Waals surface area contributed by atoms with Crippen LogP contribution in [0.1, 0.15) is 0 Å². The first-order chi connectivity index (χ1) is 7.92. The molecule has 16 heavy (non-hydrogen) atoms. The first kappa shape index (κ1) is 9.36. The van der Waals surface area contributed by atoms with Gasteiger partial charge in [0.25, 0.3) is 0 Å². The molecule has 3 heteroatoms. The second-order valence-corrected chi connectivity index (χ2v) is 4.28. The third-order valence-electron chi connectivity index (χ3n) is 2.28. The molecule has 0 amide bonds. The van der Waals surface area contributed by atoms with E-state index in [0.717, 1.165) is 21.7 Å². The molecule has 0 aliphatic rings. The molecule has 3 rings (SSSR count). The lowest BCUT2D eigenvalue weighted by Gasteiger charge is -2.04. The lowest BCUT2D eigenvalue weighted by atomic mass is 10.3. The van der Waals surface area contributed by atoms with Crippen molar-refractivity contribution in [2.45, 2.75) is 0 Å². The Hall–Kier alpha value is -1.87. The van der Waals surface area contributed by atoms with Gasteiger partial charge < -0.3 is 4.74 Å². The van der Waals surface area contributed by atoms with Gasteiger partial charge in [0.2, 0.25) is 0 Å². The number of para-hydroxylation sites is 1. The van der Waals surface area contributed by atoms with E-state index in [1.807, 2.05) is 54.0 Å². The van der Waals surface area contributed by atoms with Crippen LogP contribution in [0.3, 0.4) is 0 Å². The van der Waals surface area contributed by atoms with Crippen molar-refractivity contribution in [1.29, 1.82) is 0 Å². The highest BCUT2D eigenvalue weighted by atomic mass is 32.1. The molecule has 2 nitrogen and oxygen atoms in total. The molecule has 0 bridgehead atoms. The van der Waals surface area contributed by atoms with Crippen molar-refractivity contribution in [3.8, 4) is 11.5 Å². The topological polar surface area (TPSA) is 22.1 Å². The summed E-state index contributed by atoms with van der Waals surface area (Å²) < 4.78 is 6.88. The average molecular weight is 227 g/mol. The Labute approximate surface area is 97.1 Å². The first-order valence-electron chi connectivity index (χ1n) is 4.98. The fourth-order valence-corrected chi connectivity index (χ4v) is 2.23. The number of rotatable bonds is 2. The number of thiazole rings is 1. The van der Waals surface area contributed by atoms with Crippen molar-refractivity contribution in [2.75, 3.05) is 0 Å². The third kappa shape index (κ3) is 1.77. The Bertz CT molecular complexity index is 603. The minimum Gasteiger partial charge on any atom is -0.457 e. The maximum atomic E-state index is 5.73. The largest absolute Gasteiger partial charge is 0.457 e. The van der Waals surface area contributed by atoms with Gasteiger partial charge in [-0.05, 0) is 24.3 Å². The van der Waals surface area contributed by atoms with Crippen LogP contribution in [0.2, 0.25) is 0 Å². The highest BCUT2D eigenvalue weighted by Gasteiger charge is 2.00. The van der Waals surface area contributed by atoms with Crippen LogP contribution in [0, 0.1) is 0 Å². The second-order valence-electron chi connectivity index (χ2n) is 3.40. The Morgan fingerprint density at radius 3 is 2.69 bits per heavy atom. The second kappa shape index (κ2) is 3.94. The summed E-state index contributed by atoms with van der Waals surface area (Å²) in [4.78, 5) is 4.23. The third-order valence-corrected chi connectivity index (χ3v) is 3.07. The van der Waals surface area contributed by atoms with Gasteiger partial charge in [-0.3, -0.25) is 0 Å². The molecule has 0 saturated heterocycles. The minimum absolute atomic E-state index is 0.850. The van der Waals surface area contributed by atoms with Gasteiger partial charge in [-0.15, -0.1) is 11.3 Å². The number of ether oxygens (including phenoxy) is 1. The molecule has 0 atom stereocenters. The molecule has 0 unspecified atom stereocenters. The summed E-state index contributed by atoms with van der Waals surface area (Å²) in [5.74, 6) is 1.70. The highest BCUT2D eigenvalue weighted by Crippen LogP contribution is 2.26. The summed E-state index contributed by atoms with van der Waals surface area (Å²) in [6, 6.07) is 15.7. The van der Waals surface area contributed by atoms with Crippen molar-refractivity contribution < 1.29 is 4.74 Å². The number of fused-ring (bicyclic) bond motifs is 1. The minimum atomic E-state index is 0.850. The number of benzene rings is 2. The number of aromatic nitrogens is 1. The van der Waals surface area contributed by atoms with E-state index in [1.165, 1.54) is 0 Å². The smallest absolute Gasteiger partial charge is 0.128 e. The predicted molar refractivity (Wildman–Crippen MR) is 66.1 cm³/mol. The molecule has 0 N–H and O–H groups in total. The SMILES string of the molecule is c1ccc(Oc2ccc3ncsc3c2)cc1. The van der Waals surface area contributed by atoms with Crippen molar-refractivity contribution in [3.05, 3.63) is 54.0 Å². The maximum absolute atomic E-state index is 5.73. The van der Waals surface area contributed by atoms with E-state index in [0.29, 0.717) is 0 Å². The molecule has 0 fully saturated rings. The van der Waals surface area contributed by atoms with Crippen molar-refractivity contribution in [2.24, 2.45) is 0 Å². The van der Waals surface area contributed by atoms with Gasteiger partial charge in [-0.25, -0.2) is 4.98 Å². The van der Waals surface area contributed by atoms with Crippen LogP contribution in [0.15, 0.2) is 54.0 Å². The van der Waals surface area contributed by atoms with Gasteiger partial charge in [0.15, 0.2) is 0 Å². The molecule has 78 valence electrons. The lowest BCUT2D eigenvalue weighted by Crippen LogP contribution is -1.82. The number of nitrogens with zero attached hydrogens (tertiary/aromatic N) is 1. The van der Waals surface area contributed by atoms with Gasteiger partial charge in [-0.1, -0.05) is 18.2 Å². The first-order valence-corrected chi connectivity index (χ1v) is 5.86. The normalized spacial score (nSPS) is 10.5. The molecule has 0 aliphatic carbocycles. The number of hydrogen-bond donors (Lipinski definition) is 0. The summed E-state index contributed by atoms with van der Waals surface area (Å²) >= 11 is 1.62. The molecular weight excluding hydrogens is 218 g/mol. The summed E-state index contributed by atoms with van der Waals surface area (Å²) in [7, 11) is 0. The van der Waals surface area contributed by atoms with Crippen molar-refractivity contribution in [1.82, 2.24) is 4.98 Å². The molecule has 0 radical (unpaired) electrons. The molecule has 3 aromatic rings. The summed E-state index contributed by atoms with van der Waals surface area (Å²) in [6.45, 7) is 0. The zero-order chi connectivity index (χ0) is 10.8. The number of hydrogen-bond acceptors (Lipinski definition) is 3. The standard InChI is InChI=1S/C13H9NOS/c1-2-4-10(5-3-1)15-11-6-7-12-13(8-11)16-9-14-12/h1-9H. The molecular formula is C13H9NOS. The Morgan fingerprint density at radius 1 is 0.938 bits per heavy atom. The van der Waals surface area contributed by atoms with Crippen LogP contribution in [0.25, 0.3) is 10.2 Å². The predicted octanol–water partition coefficient (Wildman–Crippen LogP) is 4.09. The maximum Gasteiger partial charge on any atom is 0.128 e. The zero-order valence-electron chi connectivity index (χ0n) is 8.46. The monoisotopic (exact) mass is 227 g/mol. The summed E-state index contributed by atoms with van der Waals surface area (Å²) in [5.41, 5.74) is 2.86. The van der Waals surface area contributed by atoms with Crippen molar-refractivity contribution >= 4 is 21.6 Å². The Kier molecular flexibility index (Phi) is 2.31. The van der Waals surface area contributed by atoms with Crippen LogP contribution >= 0.6 is 11.3 Å². The fourth-order valence-electron chi connectivity index (χ4n) is 1.52. The van der Waals surface area contributed by atoms with E-state index in [2.05, 4.69) is 4.98 Å². The van der Waals surface area contributed by atoms with Gasteiger partial charge in [0.1, 0.15) is 11.5 Å². The molecule has 0 spiro atoms. The van der Waals surface area contributed by atoms with Crippen LogP contribution < -0.4 is 4.74 Å². The Morgan fingerprint density at radius 2 is 1.81 bits per heavy atom. The molecule has 0 saturated carbocycles. The fraction of sp³-hybridized carbons (Fsp3) is 0. The van der Waals surface area contributed by atoms with E-state index in [-0.39, 0.29) is 0 Å². The quantitative estimate of drug-likeness (QED) is 0.658. The molecule has 1 aromatic heterocycles. The van der Waals surface area contributed by atoms with E-state index >= 15 is 0 Å². The van der Waals surface area contributed by atoms with Crippen LogP contribution in [-0.4, -0.2) is 4.98 Å². The van der Waals surface area contributed by atoms with E-state index in [1.54, 1.807) is 11.3 Å². The van der Waals surface area contributed by atoms with Gasteiger partial charge >= 0.3 is 0 Å². The molecule has 2 aromatic carbocycles. The zero-order valence-corrected chi connectivity index (χ0v) is 9.28. The Balaban J connectivity index is 1.94.